The van der Waals surface area contributed by atoms with Crippen LogP contribution in [0.1, 0.15) is 34.3 Å². The van der Waals surface area contributed by atoms with Gasteiger partial charge in [0.2, 0.25) is 11.8 Å². The fraction of sp³-hybridized carbons (Fsp3) is 0.192. The van der Waals surface area contributed by atoms with Gasteiger partial charge in [0.05, 0.1) is 16.0 Å². The zero-order valence-corrected chi connectivity index (χ0v) is 22.1. The van der Waals surface area contributed by atoms with Crippen LogP contribution in [0.5, 0.6) is 0 Å². The predicted molar refractivity (Wildman–Crippen MR) is 141 cm³/mol. The molecule has 5 nitrogen and oxygen atoms in total. The molecule has 2 amide bonds. The first kappa shape index (κ1) is 27.3. The number of amides is 2. The molecule has 3 aromatic carbocycles. The summed E-state index contributed by atoms with van der Waals surface area (Å²) in [4.78, 5) is 37.0. The SMILES string of the molecule is CC(=O)Nc1ccc(CC(=O)c2cc(NC(=O)C3C(c4ccc(F)c(Cl)c4)C3(Cl)Cl)cc(F)c2Cl)cc1. The fourth-order valence-corrected chi connectivity index (χ4v) is 5.28. The van der Waals surface area contributed by atoms with E-state index in [9.17, 15) is 23.2 Å². The van der Waals surface area contributed by atoms with Gasteiger partial charge in [-0.3, -0.25) is 14.4 Å². The summed E-state index contributed by atoms with van der Waals surface area (Å²) in [6.45, 7) is 1.38. The lowest BCUT2D eigenvalue weighted by Gasteiger charge is -2.11. The normalized spacial score (nSPS) is 17.7. The van der Waals surface area contributed by atoms with E-state index < -0.39 is 39.5 Å². The van der Waals surface area contributed by atoms with Crippen LogP contribution in [0.3, 0.4) is 0 Å². The Morgan fingerprint density at radius 3 is 2.19 bits per heavy atom. The number of anilines is 2. The van der Waals surface area contributed by atoms with E-state index in [0.29, 0.717) is 16.8 Å². The van der Waals surface area contributed by atoms with Gasteiger partial charge in [-0.25, -0.2) is 8.78 Å². The van der Waals surface area contributed by atoms with Gasteiger partial charge in [-0.2, -0.15) is 0 Å². The number of hydrogen-bond acceptors (Lipinski definition) is 3. The van der Waals surface area contributed by atoms with E-state index in [1.54, 1.807) is 24.3 Å². The molecule has 2 unspecified atom stereocenters. The summed E-state index contributed by atoms with van der Waals surface area (Å²) in [7, 11) is 0. The zero-order chi connectivity index (χ0) is 27.1. The Bertz CT molecular complexity index is 1410. The van der Waals surface area contributed by atoms with Crippen molar-refractivity contribution in [2.45, 2.75) is 23.6 Å². The molecule has 0 aliphatic heterocycles. The number of halogens is 6. The number of carbonyl (C=O) groups excluding carboxylic acids is 3. The van der Waals surface area contributed by atoms with Crippen LogP contribution < -0.4 is 10.6 Å². The van der Waals surface area contributed by atoms with Crippen LogP contribution in [-0.2, 0) is 16.0 Å². The molecule has 0 saturated heterocycles. The van der Waals surface area contributed by atoms with E-state index >= 15 is 0 Å². The Kier molecular flexibility index (Phi) is 7.81. The Morgan fingerprint density at radius 2 is 1.57 bits per heavy atom. The molecule has 0 aromatic heterocycles. The maximum atomic E-state index is 14.6. The molecule has 1 fully saturated rings. The second-order valence-corrected chi connectivity index (χ2v) is 10.8. The topological polar surface area (TPSA) is 75.3 Å². The molecule has 37 heavy (non-hydrogen) atoms. The molecule has 0 spiro atoms. The maximum absolute atomic E-state index is 14.6. The van der Waals surface area contributed by atoms with Crippen LogP contribution in [0.2, 0.25) is 10.0 Å². The van der Waals surface area contributed by atoms with E-state index in [4.69, 9.17) is 46.4 Å². The molecule has 3 aromatic rings. The number of Topliss-reactive ketones (excluding diaryl/α,β-unsaturated/α-hetero) is 1. The van der Waals surface area contributed by atoms with E-state index in [1.807, 2.05) is 0 Å². The third kappa shape index (κ3) is 5.91. The van der Waals surface area contributed by atoms with Crippen molar-refractivity contribution < 1.29 is 23.2 Å². The first-order valence-electron chi connectivity index (χ1n) is 10.9. The van der Waals surface area contributed by atoms with Gasteiger partial charge in [-0.1, -0.05) is 41.4 Å². The number of carbonyl (C=O) groups is 3. The van der Waals surface area contributed by atoms with E-state index in [-0.39, 0.29) is 33.6 Å². The summed E-state index contributed by atoms with van der Waals surface area (Å²) in [6, 6.07) is 12.7. The first-order valence-corrected chi connectivity index (χ1v) is 12.4. The quantitative estimate of drug-likeness (QED) is 0.228. The predicted octanol–water partition coefficient (Wildman–Crippen LogP) is 7.18. The molecule has 4 rings (SSSR count). The number of ketones is 1. The summed E-state index contributed by atoms with van der Waals surface area (Å²) in [5, 5.41) is 4.63. The van der Waals surface area contributed by atoms with Crippen molar-refractivity contribution in [2.75, 3.05) is 10.6 Å². The second kappa shape index (κ2) is 10.6. The molecule has 1 saturated carbocycles. The molecular weight excluding hydrogens is 568 g/mol. The third-order valence-electron chi connectivity index (χ3n) is 5.87. The number of nitrogens with one attached hydrogen (secondary N) is 2. The number of hydrogen-bond donors (Lipinski definition) is 2. The van der Waals surface area contributed by atoms with Crippen LogP contribution in [0, 0.1) is 17.6 Å². The molecule has 1 aliphatic carbocycles. The van der Waals surface area contributed by atoms with E-state index in [0.717, 1.165) is 12.1 Å². The van der Waals surface area contributed by atoms with Crippen LogP contribution in [0.4, 0.5) is 20.2 Å². The van der Waals surface area contributed by atoms with Gasteiger partial charge in [0, 0.05) is 36.2 Å². The summed E-state index contributed by atoms with van der Waals surface area (Å²) < 4.78 is 26.6. The van der Waals surface area contributed by atoms with Crippen LogP contribution in [-0.4, -0.2) is 21.9 Å². The number of alkyl halides is 2. The minimum Gasteiger partial charge on any atom is -0.326 e. The standard InChI is InChI=1S/C26H18Cl4F2N2O3/c1-12(35)33-15-5-2-13(3-6-15)8-21(36)17-10-16(11-20(32)24(17)28)34-25(37)23-22(26(23,29)30)14-4-7-19(31)18(27)9-14/h2-7,9-11,22-23H,8H2,1H3,(H,33,35)(H,34,37). The van der Waals surface area contributed by atoms with E-state index in [2.05, 4.69) is 10.6 Å². The lowest BCUT2D eigenvalue weighted by Crippen LogP contribution is -2.18. The highest BCUT2D eigenvalue weighted by Crippen LogP contribution is 2.65. The fourth-order valence-electron chi connectivity index (χ4n) is 4.05. The molecular formula is C26H18Cl4F2N2O3. The van der Waals surface area contributed by atoms with Crippen molar-refractivity contribution in [3.63, 3.8) is 0 Å². The molecule has 0 bridgehead atoms. The largest absolute Gasteiger partial charge is 0.326 e. The lowest BCUT2D eigenvalue weighted by molar-refractivity contribution is -0.117. The minimum atomic E-state index is -1.49. The Labute approximate surface area is 231 Å². The molecule has 0 radical (unpaired) electrons. The smallest absolute Gasteiger partial charge is 0.231 e. The van der Waals surface area contributed by atoms with Gasteiger partial charge in [0.15, 0.2) is 5.78 Å². The highest BCUT2D eigenvalue weighted by Gasteiger charge is 2.67. The van der Waals surface area contributed by atoms with Crippen molar-refractivity contribution in [3.8, 4) is 0 Å². The third-order valence-corrected chi connectivity index (χ3v) is 7.49. The van der Waals surface area contributed by atoms with Crippen molar-refractivity contribution in [2.24, 2.45) is 5.92 Å². The van der Waals surface area contributed by atoms with Gasteiger partial charge in [0.25, 0.3) is 0 Å². The van der Waals surface area contributed by atoms with Crippen molar-refractivity contribution in [3.05, 3.63) is 93.0 Å². The van der Waals surface area contributed by atoms with Gasteiger partial charge in [-0.15, -0.1) is 23.2 Å². The van der Waals surface area contributed by atoms with Crippen molar-refractivity contribution >= 4 is 75.4 Å². The monoisotopic (exact) mass is 584 g/mol. The lowest BCUT2D eigenvalue weighted by atomic mass is 10.0. The average molecular weight is 586 g/mol. The molecule has 11 heteroatoms. The Balaban J connectivity index is 1.50. The highest BCUT2D eigenvalue weighted by atomic mass is 35.5. The van der Waals surface area contributed by atoms with Crippen LogP contribution in [0.25, 0.3) is 0 Å². The van der Waals surface area contributed by atoms with Gasteiger partial charge in [-0.05, 0) is 47.5 Å². The highest BCUT2D eigenvalue weighted by molar-refractivity contribution is 6.53. The number of benzene rings is 3. The average Bonchev–Trinajstić information content (AvgIpc) is 3.40. The maximum Gasteiger partial charge on any atom is 0.231 e. The summed E-state index contributed by atoms with van der Waals surface area (Å²) in [6.07, 6.45) is -0.0978. The molecule has 2 atom stereocenters. The van der Waals surface area contributed by atoms with Crippen LogP contribution in [0.15, 0.2) is 54.6 Å². The van der Waals surface area contributed by atoms with Gasteiger partial charge in [0.1, 0.15) is 16.0 Å². The zero-order valence-electron chi connectivity index (χ0n) is 19.1. The minimum absolute atomic E-state index is 0.0109. The van der Waals surface area contributed by atoms with E-state index in [1.165, 1.54) is 25.1 Å². The summed E-state index contributed by atoms with van der Waals surface area (Å²) in [5.41, 5.74) is 1.51. The first-order chi connectivity index (χ1) is 17.4. The van der Waals surface area contributed by atoms with Crippen molar-refractivity contribution in [1.82, 2.24) is 0 Å². The van der Waals surface area contributed by atoms with Gasteiger partial charge < -0.3 is 10.6 Å². The van der Waals surface area contributed by atoms with Crippen molar-refractivity contribution in [1.29, 1.82) is 0 Å². The summed E-state index contributed by atoms with van der Waals surface area (Å²) in [5.74, 6) is -4.47. The second-order valence-electron chi connectivity index (χ2n) is 8.59. The Morgan fingerprint density at radius 1 is 0.892 bits per heavy atom. The molecule has 0 heterocycles. The molecule has 192 valence electrons. The molecule has 2 N–H and O–H groups in total. The molecule has 1 aliphatic rings. The van der Waals surface area contributed by atoms with Gasteiger partial charge >= 0.3 is 0 Å². The Hall–Kier alpha value is -2.71. The summed E-state index contributed by atoms with van der Waals surface area (Å²) >= 11 is 24.5. The van der Waals surface area contributed by atoms with Crippen LogP contribution >= 0.6 is 46.4 Å². The number of rotatable bonds is 7.